The molecule has 0 saturated heterocycles. The fraction of sp³-hybridized carbons (Fsp3) is 0.389. The molecule has 1 heterocycles. The van der Waals surface area contributed by atoms with E-state index in [1.807, 2.05) is 31.1 Å². The maximum Gasteiger partial charge on any atom is 0.317 e. The van der Waals surface area contributed by atoms with Gasteiger partial charge in [0.05, 0.1) is 19.4 Å². The van der Waals surface area contributed by atoms with Crippen molar-refractivity contribution in [2.75, 3.05) is 34.8 Å². The van der Waals surface area contributed by atoms with Crippen molar-refractivity contribution in [3.05, 3.63) is 53.7 Å². The fourth-order valence-corrected chi connectivity index (χ4v) is 2.49. The summed E-state index contributed by atoms with van der Waals surface area (Å²) in [4.78, 5) is 15.8. The number of rotatable bonds is 7. The quantitative estimate of drug-likeness (QED) is 0.835. The van der Waals surface area contributed by atoms with Gasteiger partial charge >= 0.3 is 6.03 Å². The van der Waals surface area contributed by atoms with Crippen molar-refractivity contribution >= 4 is 6.03 Å². The number of ether oxygens (including phenoxy) is 1. The second-order valence-corrected chi connectivity index (χ2v) is 6.01. The summed E-state index contributed by atoms with van der Waals surface area (Å²) in [6.45, 7) is 0.695. The molecule has 0 radical (unpaired) electrons. The van der Waals surface area contributed by atoms with Crippen LogP contribution in [0.25, 0.3) is 0 Å². The Hall–Kier alpha value is -2.54. The van der Waals surface area contributed by atoms with Crippen LogP contribution in [0.15, 0.2) is 41.0 Å². The lowest BCUT2D eigenvalue weighted by atomic mass is 10.2. The van der Waals surface area contributed by atoms with Crippen molar-refractivity contribution in [3.8, 4) is 5.75 Å². The molecule has 0 aliphatic heterocycles. The summed E-state index contributed by atoms with van der Waals surface area (Å²) in [6.07, 6.45) is 1.61. The van der Waals surface area contributed by atoms with Crippen molar-refractivity contribution < 1.29 is 18.3 Å². The minimum atomic E-state index is -0.445. The van der Waals surface area contributed by atoms with Crippen LogP contribution < -0.4 is 10.1 Å². The van der Waals surface area contributed by atoms with Gasteiger partial charge in [-0.25, -0.2) is 9.18 Å². The SMILES string of the molecule is COc1ccc(CN(C)C(=O)NCC(c2ccco2)N(C)C)cc1F. The highest BCUT2D eigenvalue weighted by Crippen LogP contribution is 2.19. The summed E-state index contributed by atoms with van der Waals surface area (Å²) >= 11 is 0. The number of hydrogen-bond acceptors (Lipinski definition) is 4. The van der Waals surface area contributed by atoms with E-state index in [-0.39, 0.29) is 17.8 Å². The molecule has 1 N–H and O–H groups in total. The Morgan fingerprint density at radius 2 is 2.08 bits per heavy atom. The van der Waals surface area contributed by atoms with Crippen LogP contribution in [-0.2, 0) is 6.54 Å². The molecule has 2 aromatic rings. The van der Waals surface area contributed by atoms with E-state index >= 15 is 0 Å². The molecule has 2 amide bonds. The first-order valence-corrected chi connectivity index (χ1v) is 7.93. The topological polar surface area (TPSA) is 58.0 Å². The third kappa shape index (κ3) is 4.96. The monoisotopic (exact) mass is 349 g/mol. The van der Waals surface area contributed by atoms with Crippen molar-refractivity contribution in [1.29, 1.82) is 0 Å². The minimum Gasteiger partial charge on any atom is -0.494 e. The number of nitrogens with zero attached hydrogens (tertiary/aromatic N) is 2. The molecule has 0 fully saturated rings. The van der Waals surface area contributed by atoms with Crippen LogP contribution in [0.5, 0.6) is 5.75 Å². The molecule has 0 bridgehead atoms. The molecule has 0 aliphatic rings. The smallest absolute Gasteiger partial charge is 0.317 e. The third-order valence-electron chi connectivity index (χ3n) is 3.92. The maximum absolute atomic E-state index is 13.7. The Balaban J connectivity index is 1.92. The predicted molar refractivity (Wildman–Crippen MR) is 93.0 cm³/mol. The zero-order valence-corrected chi connectivity index (χ0v) is 15.0. The van der Waals surface area contributed by atoms with E-state index in [1.165, 1.54) is 18.1 Å². The number of likely N-dealkylation sites (N-methyl/N-ethyl adjacent to an activating group) is 1. The molecular weight excluding hydrogens is 325 g/mol. The molecule has 1 aromatic carbocycles. The number of nitrogens with one attached hydrogen (secondary N) is 1. The van der Waals surface area contributed by atoms with E-state index in [9.17, 15) is 9.18 Å². The van der Waals surface area contributed by atoms with Crippen LogP contribution in [-0.4, -0.2) is 50.6 Å². The summed E-state index contributed by atoms with van der Waals surface area (Å²) in [6, 6.07) is 8.04. The van der Waals surface area contributed by atoms with Gasteiger partial charge in [0.2, 0.25) is 0 Å². The van der Waals surface area contributed by atoms with Gasteiger partial charge in [-0.2, -0.15) is 0 Å². The Labute approximate surface area is 147 Å². The van der Waals surface area contributed by atoms with Crippen molar-refractivity contribution in [2.45, 2.75) is 12.6 Å². The lowest BCUT2D eigenvalue weighted by Gasteiger charge is -2.24. The summed E-state index contributed by atoms with van der Waals surface area (Å²) in [7, 11) is 6.92. The number of halogens is 1. The van der Waals surface area contributed by atoms with Gasteiger partial charge in [-0.1, -0.05) is 6.07 Å². The normalized spacial score (nSPS) is 12.1. The minimum absolute atomic E-state index is 0.0641. The lowest BCUT2D eigenvalue weighted by Crippen LogP contribution is -2.41. The average molecular weight is 349 g/mol. The second kappa shape index (κ2) is 8.53. The molecule has 6 nitrogen and oxygen atoms in total. The van der Waals surface area contributed by atoms with Crippen LogP contribution in [0.3, 0.4) is 0 Å². The average Bonchev–Trinajstić information content (AvgIpc) is 3.09. The van der Waals surface area contributed by atoms with Crippen LogP contribution in [0.1, 0.15) is 17.4 Å². The van der Waals surface area contributed by atoms with Crippen LogP contribution in [0.4, 0.5) is 9.18 Å². The molecule has 2 rings (SSSR count). The molecule has 7 heteroatoms. The molecule has 0 aliphatic carbocycles. The van der Waals surface area contributed by atoms with E-state index in [0.717, 1.165) is 5.76 Å². The summed E-state index contributed by atoms with van der Waals surface area (Å²) in [5.41, 5.74) is 0.686. The van der Waals surface area contributed by atoms with Crippen LogP contribution in [0.2, 0.25) is 0 Å². The molecule has 1 atom stereocenters. The predicted octanol–water partition coefficient (Wildman–Crippen LogP) is 2.87. The second-order valence-electron chi connectivity index (χ2n) is 6.01. The summed E-state index contributed by atoms with van der Waals surface area (Å²) < 4.78 is 24.1. The Bertz CT molecular complexity index is 689. The zero-order valence-electron chi connectivity index (χ0n) is 15.0. The van der Waals surface area contributed by atoms with Crippen molar-refractivity contribution in [2.24, 2.45) is 0 Å². The van der Waals surface area contributed by atoms with Crippen LogP contribution >= 0.6 is 0 Å². The highest BCUT2D eigenvalue weighted by Gasteiger charge is 2.19. The molecule has 0 saturated carbocycles. The first-order chi connectivity index (χ1) is 11.9. The van der Waals surface area contributed by atoms with E-state index in [2.05, 4.69) is 5.32 Å². The van der Waals surface area contributed by atoms with Gasteiger partial charge < -0.3 is 19.4 Å². The van der Waals surface area contributed by atoms with Gasteiger partial charge in [0, 0.05) is 20.1 Å². The molecule has 1 unspecified atom stereocenters. The molecule has 25 heavy (non-hydrogen) atoms. The Kier molecular flexibility index (Phi) is 6.41. The first kappa shape index (κ1) is 18.8. The molecule has 136 valence electrons. The molecule has 0 spiro atoms. The number of amides is 2. The maximum atomic E-state index is 13.7. The Morgan fingerprint density at radius 3 is 2.64 bits per heavy atom. The van der Waals surface area contributed by atoms with Gasteiger partial charge in [-0.05, 0) is 43.9 Å². The van der Waals surface area contributed by atoms with Gasteiger partial charge in [0.25, 0.3) is 0 Å². The number of hydrogen-bond donors (Lipinski definition) is 1. The van der Waals surface area contributed by atoms with Gasteiger partial charge in [0.15, 0.2) is 11.6 Å². The first-order valence-electron chi connectivity index (χ1n) is 7.93. The standard InChI is InChI=1S/C18H24FN3O3/c1-21(2)15(17-6-5-9-25-17)11-20-18(23)22(3)12-13-7-8-16(24-4)14(19)10-13/h5-10,15H,11-12H2,1-4H3,(H,20,23). The number of methoxy groups -OCH3 is 1. The van der Waals surface area contributed by atoms with Gasteiger partial charge in [-0.15, -0.1) is 0 Å². The van der Waals surface area contributed by atoms with E-state index in [1.54, 1.807) is 25.4 Å². The number of furan rings is 1. The van der Waals surface area contributed by atoms with Crippen LogP contribution in [0, 0.1) is 5.82 Å². The largest absolute Gasteiger partial charge is 0.494 e. The molecule has 1 aromatic heterocycles. The van der Waals surface area contributed by atoms with E-state index in [4.69, 9.17) is 9.15 Å². The van der Waals surface area contributed by atoms with Crippen molar-refractivity contribution in [3.63, 3.8) is 0 Å². The highest BCUT2D eigenvalue weighted by molar-refractivity contribution is 5.73. The van der Waals surface area contributed by atoms with Gasteiger partial charge in [0.1, 0.15) is 5.76 Å². The lowest BCUT2D eigenvalue weighted by molar-refractivity contribution is 0.197. The fourth-order valence-electron chi connectivity index (χ4n) is 2.49. The Morgan fingerprint density at radius 1 is 1.32 bits per heavy atom. The van der Waals surface area contributed by atoms with E-state index in [0.29, 0.717) is 18.7 Å². The highest BCUT2D eigenvalue weighted by atomic mass is 19.1. The zero-order chi connectivity index (χ0) is 18.4. The summed E-state index contributed by atoms with van der Waals surface area (Å²) in [5.74, 6) is 0.521. The van der Waals surface area contributed by atoms with Crippen molar-refractivity contribution in [1.82, 2.24) is 15.1 Å². The van der Waals surface area contributed by atoms with E-state index < -0.39 is 5.82 Å². The van der Waals surface area contributed by atoms with Gasteiger partial charge in [-0.3, -0.25) is 4.90 Å². The molecular formula is C18H24FN3O3. The summed E-state index contributed by atoms with van der Waals surface area (Å²) in [5, 5.41) is 2.88. The number of carbonyl (C=O) groups is 1. The number of urea groups is 1. The third-order valence-corrected chi connectivity index (χ3v) is 3.92. The number of carbonyl (C=O) groups excluding carboxylic acids is 1. The number of benzene rings is 1.